The molecule has 0 saturated carbocycles. The summed E-state index contributed by atoms with van der Waals surface area (Å²) in [5.74, 6) is -2.38. The summed E-state index contributed by atoms with van der Waals surface area (Å²) in [6.45, 7) is -0.0742. The molecule has 106 valence electrons. The molecule has 1 heterocycles. The van der Waals surface area contributed by atoms with Gasteiger partial charge in [0.05, 0.1) is 10.8 Å². The molecule has 20 heavy (non-hydrogen) atoms. The van der Waals surface area contributed by atoms with Crippen LogP contribution in [0.2, 0.25) is 0 Å². The van der Waals surface area contributed by atoms with Gasteiger partial charge in [0.2, 0.25) is 5.91 Å². The summed E-state index contributed by atoms with van der Waals surface area (Å²) < 4.78 is 0.846. The van der Waals surface area contributed by atoms with Gasteiger partial charge in [-0.15, -0.1) is 0 Å². The van der Waals surface area contributed by atoms with E-state index in [0.717, 1.165) is 4.90 Å². The lowest BCUT2D eigenvalue weighted by molar-refractivity contribution is -0.384. The number of carboxylic acid groups (broad SMARTS) is 1. The maximum absolute atomic E-state index is 11.9. The van der Waals surface area contributed by atoms with Crippen molar-refractivity contribution in [3.63, 3.8) is 0 Å². The van der Waals surface area contributed by atoms with Gasteiger partial charge >= 0.3 is 5.97 Å². The van der Waals surface area contributed by atoms with Crippen molar-refractivity contribution in [1.29, 1.82) is 0 Å². The number of carbonyl (C=O) groups excluding carboxylic acids is 1. The van der Waals surface area contributed by atoms with Gasteiger partial charge < -0.3 is 10.0 Å². The summed E-state index contributed by atoms with van der Waals surface area (Å²) in [5, 5.41) is 20.1. The van der Waals surface area contributed by atoms with E-state index in [1.54, 1.807) is 6.07 Å². The lowest BCUT2D eigenvalue weighted by atomic mass is 10.1. The van der Waals surface area contributed by atoms with Crippen LogP contribution in [-0.4, -0.2) is 28.5 Å². The number of hydrogen-bond donors (Lipinski definition) is 1. The Morgan fingerprint density at radius 1 is 1.45 bits per heavy atom. The first kappa shape index (κ1) is 14.9. The van der Waals surface area contributed by atoms with E-state index in [9.17, 15) is 19.7 Å². The number of carboxylic acids is 1. The van der Waals surface area contributed by atoms with Crippen LogP contribution in [-0.2, 0) is 9.59 Å². The van der Waals surface area contributed by atoms with Crippen LogP contribution in [0.3, 0.4) is 0 Å². The van der Waals surface area contributed by atoms with Crippen LogP contribution in [0.25, 0.3) is 0 Å². The van der Waals surface area contributed by atoms with Crippen LogP contribution in [0.5, 0.6) is 0 Å². The lowest BCUT2D eigenvalue weighted by Gasteiger charge is -2.18. The van der Waals surface area contributed by atoms with E-state index in [2.05, 4.69) is 31.9 Å². The largest absolute Gasteiger partial charge is 0.481 e. The van der Waals surface area contributed by atoms with Crippen molar-refractivity contribution in [2.75, 3.05) is 11.4 Å². The third-order valence-corrected chi connectivity index (χ3v) is 4.01. The zero-order valence-corrected chi connectivity index (χ0v) is 13.0. The number of halogens is 2. The first-order chi connectivity index (χ1) is 9.31. The molecule has 0 radical (unpaired) electrons. The number of benzene rings is 1. The van der Waals surface area contributed by atoms with Crippen molar-refractivity contribution < 1.29 is 19.6 Å². The number of nitro benzene ring substituents is 1. The SMILES string of the molecule is O=C(O)C1CC(=O)N(c2c(Br)cc(Br)cc2[N+](=O)[O-])C1. The Balaban J connectivity index is 2.50. The smallest absolute Gasteiger partial charge is 0.308 e. The van der Waals surface area contributed by atoms with Gasteiger partial charge in [-0.2, -0.15) is 0 Å². The second-order valence-corrected chi connectivity index (χ2v) is 6.03. The standard InChI is InChI=1S/C11H8Br2N2O5/c12-6-2-7(13)10(8(3-6)15(19)20)14-4-5(11(17)18)1-9(14)16/h2-3,5H,1,4H2,(H,17,18). The van der Waals surface area contributed by atoms with Crippen LogP contribution < -0.4 is 4.90 Å². The molecule has 0 bridgehead atoms. The zero-order valence-electron chi connectivity index (χ0n) is 9.88. The molecular formula is C11H8Br2N2O5. The van der Waals surface area contributed by atoms with E-state index in [-0.39, 0.29) is 24.3 Å². The summed E-state index contributed by atoms with van der Waals surface area (Å²) in [4.78, 5) is 34.5. The molecular weight excluding hydrogens is 400 g/mol. The molecule has 1 aliphatic heterocycles. The maximum Gasteiger partial charge on any atom is 0.308 e. The highest BCUT2D eigenvalue weighted by Crippen LogP contribution is 2.41. The fourth-order valence-electron chi connectivity index (χ4n) is 2.05. The predicted octanol–water partition coefficient (Wildman–Crippen LogP) is 2.56. The highest BCUT2D eigenvalue weighted by Gasteiger charge is 2.38. The molecule has 1 saturated heterocycles. The Labute approximate surface area is 130 Å². The quantitative estimate of drug-likeness (QED) is 0.612. The molecule has 2 rings (SSSR count). The van der Waals surface area contributed by atoms with Crippen LogP contribution in [0.4, 0.5) is 11.4 Å². The first-order valence-electron chi connectivity index (χ1n) is 5.48. The zero-order chi connectivity index (χ0) is 15.0. The number of nitro groups is 1. The molecule has 1 N–H and O–H groups in total. The minimum Gasteiger partial charge on any atom is -0.481 e. The van der Waals surface area contributed by atoms with Crippen LogP contribution in [0.15, 0.2) is 21.1 Å². The van der Waals surface area contributed by atoms with Crippen molar-refractivity contribution >= 4 is 55.1 Å². The Bertz CT molecular complexity index is 619. The molecule has 1 unspecified atom stereocenters. The minimum atomic E-state index is -1.09. The van der Waals surface area contributed by atoms with Gasteiger partial charge in [0.1, 0.15) is 5.69 Å². The van der Waals surface area contributed by atoms with Gasteiger partial charge in [0.25, 0.3) is 5.69 Å². The average Bonchev–Trinajstić information content (AvgIpc) is 2.70. The fourth-order valence-corrected chi connectivity index (χ4v) is 3.46. The first-order valence-corrected chi connectivity index (χ1v) is 7.06. The summed E-state index contributed by atoms with van der Waals surface area (Å²) in [6, 6.07) is 2.85. The van der Waals surface area contributed by atoms with Crippen molar-refractivity contribution in [2.45, 2.75) is 6.42 Å². The van der Waals surface area contributed by atoms with E-state index in [4.69, 9.17) is 5.11 Å². The van der Waals surface area contributed by atoms with Crippen molar-refractivity contribution in [2.24, 2.45) is 5.92 Å². The monoisotopic (exact) mass is 406 g/mol. The Morgan fingerprint density at radius 2 is 2.10 bits per heavy atom. The van der Waals surface area contributed by atoms with Gasteiger partial charge in [-0.3, -0.25) is 19.7 Å². The van der Waals surface area contributed by atoms with E-state index in [1.807, 2.05) is 0 Å². The number of aliphatic carboxylic acids is 1. The number of anilines is 1. The Hall–Kier alpha value is -1.48. The molecule has 1 atom stereocenters. The molecule has 0 aromatic heterocycles. The van der Waals surface area contributed by atoms with Gasteiger partial charge in [-0.25, -0.2) is 0 Å². The topological polar surface area (TPSA) is 101 Å². The van der Waals surface area contributed by atoms with E-state index in [1.165, 1.54) is 6.07 Å². The van der Waals surface area contributed by atoms with Crippen LogP contribution >= 0.6 is 31.9 Å². The van der Waals surface area contributed by atoms with Crippen LogP contribution in [0.1, 0.15) is 6.42 Å². The normalized spacial score (nSPS) is 18.4. The van der Waals surface area contributed by atoms with E-state index < -0.39 is 22.7 Å². The van der Waals surface area contributed by atoms with Crippen molar-refractivity contribution in [3.8, 4) is 0 Å². The molecule has 1 aromatic rings. The van der Waals surface area contributed by atoms with Crippen molar-refractivity contribution in [3.05, 3.63) is 31.2 Å². The molecule has 0 aliphatic carbocycles. The van der Waals surface area contributed by atoms with Gasteiger partial charge in [-0.05, 0) is 22.0 Å². The summed E-state index contributed by atoms with van der Waals surface area (Å²) in [7, 11) is 0. The summed E-state index contributed by atoms with van der Waals surface area (Å²) >= 11 is 6.33. The lowest BCUT2D eigenvalue weighted by Crippen LogP contribution is -2.27. The number of carbonyl (C=O) groups is 2. The van der Waals surface area contributed by atoms with E-state index in [0.29, 0.717) is 8.95 Å². The van der Waals surface area contributed by atoms with Crippen molar-refractivity contribution in [1.82, 2.24) is 0 Å². The van der Waals surface area contributed by atoms with Crippen LogP contribution in [0, 0.1) is 16.0 Å². The fraction of sp³-hybridized carbons (Fsp3) is 0.273. The number of hydrogen-bond acceptors (Lipinski definition) is 4. The summed E-state index contributed by atoms with van der Waals surface area (Å²) in [5.41, 5.74) is -0.169. The second-order valence-electron chi connectivity index (χ2n) is 4.26. The minimum absolute atomic E-state index is 0.0742. The van der Waals surface area contributed by atoms with Gasteiger partial charge in [0, 0.05) is 28.0 Å². The third-order valence-electron chi connectivity index (χ3n) is 2.95. The van der Waals surface area contributed by atoms with Gasteiger partial charge in [-0.1, -0.05) is 15.9 Å². The molecule has 1 amide bonds. The third kappa shape index (κ3) is 2.68. The maximum atomic E-state index is 11.9. The van der Waals surface area contributed by atoms with Gasteiger partial charge in [0.15, 0.2) is 0 Å². The summed E-state index contributed by atoms with van der Waals surface area (Å²) in [6.07, 6.45) is -0.158. The number of amides is 1. The molecule has 1 aromatic carbocycles. The highest BCUT2D eigenvalue weighted by molar-refractivity contribution is 9.11. The second kappa shape index (κ2) is 5.49. The molecule has 1 aliphatic rings. The Kier molecular flexibility index (Phi) is 4.09. The predicted molar refractivity (Wildman–Crippen MR) is 76.6 cm³/mol. The van der Waals surface area contributed by atoms with E-state index >= 15 is 0 Å². The average molecular weight is 408 g/mol. The molecule has 9 heteroatoms. The molecule has 7 nitrogen and oxygen atoms in total. The number of rotatable bonds is 3. The Morgan fingerprint density at radius 3 is 2.60 bits per heavy atom. The highest BCUT2D eigenvalue weighted by atomic mass is 79.9. The molecule has 1 fully saturated rings. The number of nitrogens with zero attached hydrogens (tertiary/aromatic N) is 2. The molecule has 0 spiro atoms.